The fourth-order valence-corrected chi connectivity index (χ4v) is 5.03. The van der Waals surface area contributed by atoms with Gasteiger partial charge in [-0.2, -0.15) is 13.2 Å². The van der Waals surface area contributed by atoms with Gasteiger partial charge in [-0.05, 0) is 36.4 Å². The molecule has 1 unspecified atom stereocenters. The highest BCUT2D eigenvalue weighted by atomic mass is 35.5. The van der Waals surface area contributed by atoms with E-state index in [-0.39, 0.29) is 16.5 Å². The summed E-state index contributed by atoms with van der Waals surface area (Å²) in [5, 5.41) is -0.514. The van der Waals surface area contributed by atoms with Crippen molar-refractivity contribution < 1.29 is 35.4 Å². The predicted octanol–water partition coefficient (Wildman–Crippen LogP) is 5.18. The van der Waals surface area contributed by atoms with Crippen molar-refractivity contribution in [1.29, 1.82) is 0 Å². The number of nitrogens with one attached hydrogen (secondary N) is 1. The molecule has 0 radical (unpaired) electrons. The minimum absolute atomic E-state index is 0.106. The second-order valence-electron chi connectivity index (χ2n) is 6.28. The van der Waals surface area contributed by atoms with Crippen LogP contribution in [0.15, 0.2) is 41.3 Å². The molecule has 0 bridgehead atoms. The maximum atomic E-state index is 13.1. The smallest absolute Gasteiger partial charge is 0.378 e. The van der Waals surface area contributed by atoms with Crippen LogP contribution < -0.4 is 9.25 Å². The maximum Gasteiger partial charge on any atom is 0.666 e. The fourth-order valence-electron chi connectivity index (χ4n) is 2.61. The van der Waals surface area contributed by atoms with E-state index in [4.69, 9.17) is 32.5 Å². The van der Waals surface area contributed by atoms with E-state index in [1.54, 1.807) is 0 Å². The first-order valence-corrected chi connectivity index (χ1v) is 12.0. The number of ether oxygens (including phenoxy) is 1. The molecule has 1 fully saturated rings. The van der Waals surface area contributed by atoms with Crippen LogP contribution in [0.25, 0.3) is 0 Å². The molecule has 0 saturated carbocycles. The minimum atomic E-state index is -4.84. The first-order chi connectivity index (χ1) is 14.5. The Kier molecular flexibility index (Phi) is 7.35. The van der Waals surface area contributed by atoms with Gasteiger partial charge in [0.15, 0.2) is 0 Å². The van der Waals surface area contributed by atoms with Crippen LogP contribution in [0.5, 0.6) is 5.75 Å². The Morgan fingerprint density at radius 3 is 2.42 bits per heavy atom. The summed E-state index contributed by atoms with van der Waals surface area (Å²) in [6.45, 7) is 1.44. The Balaban J connectivity index is 1.89. The quantitative estimate of drug-likeness (QED) is 0.531. The molecule has 1 aliphatic heterocycles. The van der Waals surface area contributed by atoms with Crippen LogP contribution in [-0.4, -0.2) is 39.4 Å². The Morgan fingerprint density at radius 2 is 1.77 bits per heavy atom. The molecule has 31 heavy (non-hydrogen) atoms. The zero-order valence-electron chi connectivity index (χ0n) is 15.5. The standard InChI is InChI=1S/C17H15Cl2F3N2O5PS/c18-11-1-4-16(29-30(25)24-5-7-28-8-6-24)15(9-11)23-31(26,27)12-2-3-14(19)13(10-12)17(20,21)22/h1-4,9-10,23H,5-8H2/q+1. The van der Waals surface area contributed by atoms with Crippen LogP contribution in [0.2, 0.25) is 10.0 Å². The van der Waals surface area contributed by atoms with E-state index in [2.05, 4.69) is 4.72 Å². The van der Waals surface area contributed by atoms with Crippen LogP contribution in [0.3, 0.4) is 0 Å². The van der Waals surface area contributed by atoms with Gasteiger partial charge in [-0.15, -0.1) is 0 Å². The van der Waals surface area contributed by atoms with Gasteiger partial charge in [0.05, 0.1) is 47.5 Å². The lowest BCUT2D eigenvalue weighted by Gasteiger charge is -2.16. The van der Waals surface area contributed by atoms with Crippen LogP contribution >= 0.6 is 31.4 Å². The Bertz CT molecular complexity index is 1100. The van der Waals surface area contributed by atoms with Crippen molar-refractivity contribution in [3.05, 3.63) is 52.0 Å². The molecule has 0 aliphatic carbocycles. The molecular formula is C17H15Cl2F3N2O5PS+. The van der Waals surface area contributed by atoms with Crippen LogP contribution in [0, 0.1) is 0 Å². The number of morpholine rings is 1. The zero-order chi connectivity index (χ0) is 22.8. The van der Waals surface area contributed by atoms with E-state index in [0.717, 1.165) is 12.1 Å². The summed E-state index contributed by atoms with van der Waals surface area (Å²) in [6, 6.07) is 6.07. The summed E-state index contributed by atoms with van der Waals surface area (Å²) >= 11 is 11.5. The molecule has 1 N–H and O–H groups in total. The number of benzene rings is 2. The largest absolute Gasteiger partial charge is 0.666 e. The van der Waals surface area contributed by atoms with Gasteiger partial charge < -0.3 is 4.74 Å². The molecule has 3 rings (SSSR count). The Labute approximate surface area is 187 Å². The van der Waals surface area contributed by atoms with E-state index in [0.29, 0.717) is 32.4 Å². The molecule has 14 heteroatoms. The number of hydrogen-bond acceptors (Lipinski definition) is 5. The van der Waals surface area contributed by atoms with Gasteiger partial charge in [-0.3, -0.25) is 4.72 Å². The molecule has 1 atom stereocenters. The number of hydrogen-bond donors (Lipinski definition) is 1. The zero-order valence-corrected chi connectivity index (χ0v) is 18.7. The third-order valence-electron chi connectivity index (χ3n) is 4.13. The van der Waals surface area contributed by atoms with Gasteiger partial charge in [0, 0.05) is 9.59 Å². The van der Waals surface area contributed by atoms with Gasteiger partial charge in [0.2, 0.25) is 5.75 Å². The van der Waals surface area contributed by atoms with Gasteiger partial charge >= 0.3 is 14.4 Å². The molecule has 0 amide bonds. The number of rotatable bonds is 6. The van der Waals surface area contributed by atoms with E-state index in [1.165, 1.54) is 22.9 Å². The second-order valence-corrected chi connectivity index (χ2v) is 10.0. The van der Waals surface area contributed by atoms with E-state index in [9.17, 15) is 26.2 Å². The normalized spacial score (nSPS) is 16.1. The average Bonchev–Trinajstić information content (AvgIpc) is 2.69. The van der Waals surface area contributed by atoms with Crippen molar-refractivity contribution in [2.24, 2.45) is 0 Å². The predicted molar refractivity (Wildman–Crippen MR) is 109 cm³/mol. The molecule has 2 aromatic rings. The van der Waals surface area contributed by atoms with Gasteiger partial charge in [0.25, 0.3) is 10.0 Å². The number of sulfonamides is 1. The van der Waals surface area contributed by atoms with Gasteiger partial charge in [0.1, 0.15) is 0 Å². The first-order valence-electron chi connectivity index (χ1n) is 8.64. The summed E-state index contributed by atoms with van der Waals surface area (Å²) in [7, 11) is -6.85. The Hall–Kier alpha value is -1.62. The van der Waals surface area contributed by atoms with Crippen molar-refractivity contribution in [3.8, 4) is 5.75 Å². The monoisotopic (exact) mass is 517 g/mol. The molecular weight excluding hydrogens is 503 g/mol. The molecule has 1 saturated heterocycles. The average molecular weight is 518 g/mol. The SMILES string of the molecule is O=[P+](Oc1ccc(Cl)cc1NS(=O)(=O)c1ccc(Cl)c(C(F)(F)F)c1)N1CCOCC1. The summed E-state index contributed by atoms with van der Waals surface area (Å²) in [6.07, 6.45) is -4.84. The first kappa shape index (κ1) is 24.0. The highest BCUT2D eigenvalue weighted by molar-refractivity contribution is 7.92. The summed E-state index contributed by atoms with van der Waals surface area (Å²) < 4.78 is 91.4. The van der Waals surface area contributed by atoms with Crippen LogP contribution in [0.4, 0.5) is 18.9 Å². The lowest BCUT2D eigenvalue weighted by atomic mass is 10.2. The molecule has 2 aromatic carbocycles. The topological polar surface area (TPSA) is 84.9 Å². The molecule has 7 nitrogen and oxygen atoms in total. The van der Waals surface area contributed by atoms with Gasteiger partial charge in [-0.1, -0.05) is 27.9 Å². The lowest BCUT2D eigenvalue weighted by molar-refractivity contribution is -0.137. The molecule has 168 valence electrons. The summed E-state index contributed by atoms with van der Waals surface area (Å²) in [5.74, 6) is -0.106. The summed E-state index contributed by atoms with van der Waals surface area (Å²) in [5.41, 5.74) is -1.48. The van der Waals surface area contributed by atoms with Crippen molar-refractivity contribution in [1.82, 2.24) is 4.67 Å². The third-order valence-corrected chi connectivity index (χ3v) is 7.28. The molecule has 0 aromatic heterocycles. The summed E-state index contributed by atoms with van der Waals surface area (Å²) in [4.78, 5) is -0.673. The molecule has 0 spiro atoms. The maximum absolute atomic E-state index is 13.1. The fraction of sp³-hybridized carbons (Fsp3) is 0.294. The van der Waals surface area contributed by atoms with Crippen LogP contribution in [-0.2, 0) is 25.5 Å². The number of alkyl halides is 3. The van der Waals surface area contributed by atoms with Crippen molar-refractivity contribution in [2.45, 2.75) is 11.1 Å². The third kappa shape index (κ3) is 6.00. The van der Waals surface area contributed by atoms with Gasteiger partial charge in [-0.25, -0.2) is 12.9 Å². The van der Waals surface area contributed by atoms with E-state index in [1.807, 2.05) is 0 Å². The molecule has 1 heterocycles. The van der Waals surface area contributed by atoms with E-state index < -0.39 is 39.9 Å². The van der Waals surface area contributed by atoms with E-state index >= 15 is 0 Å². The Morgan fingerprint density at radius 1 is 1.10 bits per heavy atom. The van der Waals surface area contributed by atoms with Crippen molar-refractivity contribution in [3.63, 3.8) is 0 Å². The highest BCUT2D eigenvalue weighted by Crippen LogP contribution is 2.39. The van der Waals surface area contributed by atoms with Crippen LogP contribution in [0.1, 0.15) is 5.56 Å². The number of halogens is 5. The van der Waals surface area contributed by atoms with Crippen molar-refractivity contribution in [2.75, 3.05) is 31.0 Å². The minimum Gasteiger partial charge on any atom is -0.378 e. The number of anilines is 1. The molecule has 1 aliphatic rings. The lowest BCUT2D eigenvalue weighted by Crippen LogP contribution is -2.31. The van der Waals surface area contributed by atoms with Crippen molar-refractivity contribution >= 4 is 47.1 Å². The second kappa shape index (κ2) is 9.48. The highest BCUT2D eigenvalue weighted by Gasteiger charge is 2.36. The number of nitrogens with zero attached hydrogens (tertiary/aromatic N) is 1.